The van der Waals surface area contributed by atoms with Gasteiger partial charge in [0.05, 0.1) is 29.2 Å². The Hall–Kier alpha value is -2.50. The predicted octanol–water partition coefficient (Wildman–Crippen LogP) is 0.987. The van der Waals surface area contributed by atoms with Crippen LogP contribution in [-0.4, -0.2) is 94.1 Å². The van der Waals surface area contributed by atoms with Crippen molar-refractivity contribution >= 4 is 33.4 Å². The number of fused-ring (bicyclic) bond motifs is 1. The lowest BCUT2D eigenvalue weighted by molar-refractivity contribution is 0.0638. The van der Waals surface area contributed by atoms with E-state index in [-0.39, 0.29) is 42.7 Å². The van der Waals surface area contributed by atoms with Crippen molar-refractivity contribution in [3.63, 3.8) is 0 Å². The molecule has 0 spiro atoms. The lowest BCUT2D eigenvalue weighted by Gasteiger charge is -2.28. The highest BCUT2D eigenvalue weighted by molar-refractivity contribution is 7.91. The Labute approximate surface area is 181 Å². The first-order chi connectivity index (χ1) is 14.8. The van der Waals surface area contributed by atoms with Crippen molar-refractivity contribution < 1.29 is 32.3 Å². The summed E-state index contributed by atoms with van der Waals surface area (Å²) in [5.41, 5.74) is 0.873. The molecule has 4 amide bonds. The molecule has 10 nitrogen and oxygen atoms in total. The van der Waals surface area contributed by atoms with Crippen LogP contribution in [0.15, 0.2) is 18.2 Å². The van der Waals surface area contributed by atoms with E-state index in [2.05, 4.69) is 5.32 Å². The Morgan fingerprint density at radius 1 is 1.16 bits per heavy atom. The smallest absolute Gasteiger partial charge is 0.322 e. The monoisotopic (exact) mass is 453 g/mol. The summed E-state index contributed by atoms with van der Waals surface area (Å²) >= 11 is 0. The van der Waals surface area contributed by atoms with E-state index in [4.69, 9.17) is 9.47 Å². The van der Waals surface area contributed by atoms with E-state index in [1.54, 1.807) is 13.2 Å². The first kappa shape index (κ1) is 23.2. The van der Waals surface area contributed by atoms with E-state index in [1.165, 1.54) is 29.0 Å². The SMILES string of the molecule is COCCCN1C(=O)c2ccc(NC(=O)N(CCOC)C3CCS(=O)(=O)C3)cc2C1=O. The number of nitrogens with one attached hydrogen (secondary N) is 1. The van der Waals surface area contributed by atoms with Gasteiger partial charge in [-0.25, -0.2) is 13.2 Å². The number of urea groups is 1. The van der Waals surface area contributed by atoms with Gasteiger partial charge < -0.3 is 19.7 Å². The number of imide groups is 1. The van der Waals surface area contributed by atoms with Crippen LogP contribution >= 0.6 is 0 Å². The number of carbonyl (C=O) groups is 3. The van der Waals surface area contributed by atoms with E-state index in [1.807, 2.05) is 0 Å². The van der Waals surface area contributed by atoms with Crippen molar-refractivity contribution in [1.82, 2.24) is 9.80 Å². The third-order valence-electron chi connectivity index (χ3n) is 5.40. The van der Waals surface area contributed by atoms with E-state index in [0.29, 0.717) is 30.7 Å². The van der Waals surface area contributed by atoms with Crippen LogP contribution < -0.4 is 5.32 Å². The van der Waals surface area contributed by atoms with E-state index in [9.17, 15) is 22.8 Å². The molecule has 2 aliphatic rings. The van der Waals surface area contributed by atoms with Gasteiger partial charge in [0.2, 0.25) is 0 Å². The molecule has 0 bridgehead atoms. The number of amides is 4. The number of benzene rings is 1. The second-order valence-corrected chi connectivity index (χ2v) is 9.77. The molecule has 170 valence electrons. The van der Waals surface area contributed by atoms with Crippen LogP contribution in [0.1, 0.15) is 33.6 Å². The van der Waals surface area contributed by atoms with Crippen LogP contribution in [0.25, 0.3) is 0 Å². The molecule has 1 aromatic rings. The highest BCUT2D eigenvalue weighted by Crippen LogP contribution is 2.27. The molecule has 0 aliphatic carbocycles. The minimum absolute atomic E-state index is 0.0444. The summed E-state index contributed by atoms with van der Waals surface area (Å²) in [6, 6.07) is 3.63. The topological polar surface area (TPSA) is 122 Å². The zero-order valence-electron chi connectivity index (χ0n) is 17.6. The highest BCUT2D eigenvalue weighted by Gasteiger charge is 2.36. The van der Waals surface area contributed by atoms with Crippen molar-refractivity contribution in [3.8, 4) is 0 Å². The molecule has 1 atom stereocenters. The average molecular weight is 454 g/mol. The third kappa shape index (κ3) is 5.23. The van der Waals surface area contributed by atoms with Crippen LogP contribution in [0.4, 0.5) is 10.5 Å². The molecule has 0 aromatic heterocycles. The van der Waals surface area contributed by atoms with Gasteiger partial charge in [0.1, 0.15) is 0 Å². The van der Waals surface area contributed by atoms with Gasteiger partial charge in [-0.05, 0) is 31.0 Å². The van der Waals surface area contributed by atoms with Gasteiger partial charge in [0.15, 0.2) is 9.84 Å². The largest absolute Gasteiger partial charge is 0.385 e. The zero-order valence-corrected chi connectivity index (χ0v) is 18.4. The van der Waals surface area contributed by atoms with E-state index < -0.39 is 27.8 Å². The fraction of sp³-hybridized carbons (Fsp3) is 0.550. The van der Waals surface area contributed by atoms with Gasteiger partial charge in [-0.15, -0.1) is 0 Å². The molecule has 0 saturated carbocycles. The molecule has 2 aliphatic heterocycles. The van der Waals surface area contributed by atoms with Crippen molar-refractivity contribution in [1.29, 1.82) is 0 Å². The lowest BCUT2D eigenvalue weighted by Crippen LogP contribution is -2.45. The van der Waals surface area contributed by atoms with Gasteiger partial charge in [0.25, 0.3) is 11.8 Å². The van der Waals surface area contributed by atoms with Crippen LogP contribution in [0.3, 0.4) is 0 Å². The molecule has 1 N–H and O–H groups in total. The number of ether oxygens (including phenoxy) is 2. The first-order valence-electron chi connectivity index (χ1n) is 10.0. The Balaban J connectivity index is 1.73. The second kappa shape index (κ2) is 9.75. The molecule has 11 heteroatoms. The van der Waals surface area contributed by atoms with Crippen LogP contribution in [0.2, 0.25) is 0 Å². The summed E-state index contributed by atoms with van der Waals surface area (Å²) < 4.78 is 33.7. The number of methoxy groups -OCH3 is 2. The van der Waals surface area contributed by atoms with Gasteiger partial charge in [-0.2, -0.15) is 0 Å². The number of nitrogens with zero attached hydrogens (tertiary/aromatic N) is 2. The summed E-state index contributed by atoms with van der Waals surface area (Å²) in [7, 11) is -0.115. The average Bonchev–Trinajstić information content (AvgIpc) is 3.20. The zero-order chi connectivity index (χ0) is 22.6. The van der Waals surface area contributed by atoms with Crippen molar-refractivity contribution in [2.24, 2.45) is 0 Å². The van der Waals surface area contributed by atoms with Gasteiger partial charge >= 0.3 is 6.03 Å². The number of rotatable bonds is 9. The van der Waals surface area contributed by atoms with Crippen molar-refractivity contribution in [3.05, 3.63) is 29.3 Å². The van der Waals surface area contributed by atoms with Gasteiger partial charge in [0, 0.05) is 45.6 Å². The van der Waals surface area contributed by atoms with Crippen LogP contribution in [0, 0.1) is 0 Å². The predicted molar refractivity (Wildman–Crippen MR) is 113 cm³/mol. The minimum atomic E-state index is -3.17. The highest BCUT2D eigenvalue weighted by atomic mass is 32.2. The maximum absolute atomic E-state index is 12.9. The maximum Gasteiger partial charge on any atom is 0.322 e. The fourth-order valence-corrected chi connectivity index (χ4v) is 5.53. The maximum atomic E-state index is 12.9. The lowest BCUT2D eigenvalue weighted by atomic mass is 10.1. The fourth-order valence-electron chi connectivity index (χ4n) is 3.79. The molecule has 0 radical (unpaired) electrons. The van der Waals surface area contributed by atoms with Crippen LogP contribution in [0.5, 0.6) is 0 Å². The molecular formula is C20H27N3O7S. The van der Waals surface area contributed by atoms with Gasteiger partial charge in [-0.1, -0.05) is 0 Å². The Morgan fingerprint density at radius 3 is 2.52 bits per heavy atom. The summed E-state index contributed by atoms with van der Waals surface area (Å²) in [6.45, 7) is 1.18. The third-order valence-corrected chi connectivity index (χ3v) is 7.15. The molecular weight excluding hydrogens is 426 g/mol. The van der Waals surface area contributed by atoms with Crippen molar-refractivity contribution in [2.45, 2.75) is 18.9 Å². The molecule has 1 aromatic carbocycles. The molecule has 2 heterocycles. The van der Waals surface area contributed by atoms with Crippen LogP contribution in [-0.2, 0) is 19.3 Å². The number of hydrogen-bond acceptors (Lipinski definition) is 7. The summed E-state index contributed by atoms with van der Waals surface area (Å²) in [5.74, 6) is -0.822. The minimum Gasteiger partial charge on any atom is -0.385 e. The Kier molecular flexibility index (Phi) is 7.29. The first-order valence-corrected chi connectivity index (χ1v) is 11.9. The number of carbonyl (C=O) groups excluding carboxylic acids is 3. The summed E-state index contributed by atoms with van der Waals surface area (Å²) in [4.78, 5) is 40.7. The summed E-state index contributed by atoms with van der Waals surface area (Å²) in [6.07, 6.45) is 0.900. The van der Waals surface area contributed by atoms with E-state index >= 15 is 0 Å². The summed E-state index contributed by atoms with van der Waals surface area (Å²) in [5, 5.41) is 2.72. The number of anilines is 1. The molecule has 1 saturated heterocycles. The standard InChI is InChI=1S/C20H27N3O7S/c1-29-9-3-7-23-18(24)16-5-4-14(12-17(16)19(23)25)21-20(26)22(8-10-30-2)15-6-11-31(27,28)13-15/h4-5,12,15H,3,6-11,13H2,1-2H3,(H,21,26). The Morgan fingerprint density at radius 2 is 1.87 bits per heavy atom. The number of hydrogen-bond donors (Lipinski definition) is 1. The molecule has 1 fully saturated rings. The molecule has 1 unspecified atom stereocenters. The second-order valence-electron chi connectivity index (χ2n) is 7.54. The normalized spacial score (nSPS) is 19.5. The number of sulfone groups is 1. The molecule has 31 heavy (non-hydrogen) atoms. The van der Waals surface area contributed by atoms with E-state index in [0.717, 1.165) is 0 Å². The quantitative estimate of drug-likeness (QED) is 0.437. The van der Waals surface area contributed by atoms with Gasteiger partial charge in [-0.3, -0.25) is 14.5 Å². The van der Waals surface area contributed by atoms with Crippen molar-refractivity contribution in [2.75, 3.05) is 57.3 Å². The Bertz CT molecular complexity index is 964. The molecule has 3 rings (SSSR count).